The van der Waals surface area contributed by atoms with Gasteiger partial charge in [0.1, 0.15) is 0 Å². The molecule has 0 unspecified atom stereocenters. The van der Waals surface area contributed by atoms with Crippen molar-refractivity contribution in [2.45, 2.75) is 23.1 Å². The molecule has 0 heterocycles. The molecule has 0 saturated carbocycles. The minimum atomic E-state index is -0.543. The van der Waals surface area contributed by atoms with Gasteiger partial charge in [-0.05, 0) is 55.0 Å². The zero-order valence-corrected chi connectivity index (χ0v) is 12.0. The summed E-state index contributed by atoms with van der Waals surface area (Å²) in [6, 6.07) is 16.2. The molecule has 0 saturated heterocycles. The highest BCUT2D eigenvalue weighted by molar-refractivity contribution is 8.15. The van der Waals surface area contributed by atoms with Crippen molar-refractivity contribution in [1.82, 2.24) is 4.72 Å². The molecule has 0 spiro atoms. The van der Waals surface area contributed by atoms with Crippen LogP contribution in [0.4, 0.5) is 11.4 Å². The van der Waals surface area contributed by atoms with E-state index >= 15 is 0 Å². The molecule has 0 fully saturated rings. The predicted molar refractivity (Wildman–Crippen MR) is 85.5 cm³/mol. The topological polar surface area (TPSA) is 64.1 Å². The Kier molecular flexibility index (Phi) is 4.71. The van der Waals surface area contributed by atoms with Crippen LogP contribution < -0.4 is 16.2 Å². The largest absolute Gasteiger partial charge is 0.399 e. The first-order valence-corrected chi connectivity index (χ1v) is 7.79. The fourth-order valence-electron chi connectivity index (χ4n) is 1.80. The lowest BCUT2D eigenvalue weighted by atomic mass is 10.3. The number of rotatable bonds is 5. The number of hydrogen-bond donors (Lipinski definition) is 4. The molecule has 0 bridgehead atoms. The Hall–Kier alpha value is -1.65. The molecule has 102 valence electrons. The minimum Gasteiger partial charge on any atom is -0.399 e. The monoisotopic (exact) mass is 275 g/mol. The molecule has 2 aromatic rings. The van der Waals surface area contributed by atoms with Gasteiger partial charge in [-0.2, -0.15) is 0 Å². The molecule has 0 aliphatic carbocycles. The molecule has 5 N–H and O–H groups in total. The molecule has 19 heavy (non-hydrogen) atoms. The van der Waals surface area contributed by atoms with Gasteiger partial charge in [0.25, 0.3) is 0 Å². The summed E-state index contributed by atoms with van der Waals surface area (Å²) in [6.45, 7) is 3.17. The second-order valence-electron chi connectivity index (χ2n) is 4.43. The second-order valence-corrected chi connectivity index (χ2v) is 6.45. The molecule has 3 nitrogen and oxygen atoms in total. The number of benzene rings is 2. The van der Waals surface area contributed by atoms with Gasteiger partial charge in [0, 0.05) is 27.7 Å². The highest BCUT2D eigenvalue weighted by atomic mass is 32.2. The molecule has 2 rings (SSSR count). The van der Waals surface area contributed by atoms with E-state index in [9.17, 15) is 0 Å². The van der Waals surface area contributed by atoms with Crippen molar-refractivity contribution in [2.75, 3.05) is 18.0 Å². The minimum absolute atomic E-state index is 0.543. The van der Waals surface area contributed by atoms with Gasteiger partial charge in [-0.3, -0.25) is 4.72 Å². The van der Waals surface area contributed by atoms with E-state index in [0.717, 1.165) is 24.3 Å². The van der Waals surface area contributed by atoms with Gasteiger partial charge < -0.3 is 11.5 Å². The van der Waals surface area contributed by atoms with Gasteiger partial charge in [-0.1, -0.05) is 6.92 Å². The molecular weight excluding hydrogens is 254 g/mol. The lowest BCUT2D eigenvalue weighted by molar-refractivity contribution is 0.870. The fourth-order valence-corrected chi connectivity index (χ4v) is 3.81. The summed E-state index contributed by atoms with van der Waals surface area (Å²) in [5.41, 5.74) is 13.1. The van der Waals surface area contributed by atoms with Crippen LogP contribution in [0.1, 0.15) is 13.3 Å². The van der Waals surface area contributed by atoms with Gasteiger partial charge >= 0.3 is 0 Å². The normalized spacial score (nSPS) is 11.3. The van der Waals surface area contributed by atoms with Crippen molar-refractivity contribution in [3.8, 4) is 0 Å². The molecule has 0 radical (unpaired) electrons. The predicted octanol–water partition coefficient (Wildman–Crippen LogP) is 3.18. The van der Waals surface area contributed by atoms with Crippen LogP contribution in [0.5, 0.6) is 0 Å². The summed E-state index contributed by atoms with van der Waals surface area (Å²) in [7, 11) is 0. The van der Waals surface area contributed by atoms with E-state index in [1.54, 1.807) is 0 Å². The molecular formula is C15H21N3S. The summed E-state index contributed by atoms with van der Waals surface area (Å²) in [4.78, 5) is 2.56. The lowest BCUT2D eigenvalue weighted by Gasteiger charge is -2.24. The number of nitrogens with two attached hydrogens (primary N) is 2. The third-order valence-corrected chi connectivity index (χ3v) is 4.99. The Labute approximate surface area is 117 Å². The molecule has 0 aliphatic rings. The zero-order valence-electron chi connectivity index (χ0n) is 11.1. The Morgan fingerprint density at radius 3 is 1.63 bits per heavy atom. The maximum absolute atomic E-state index is 5.76. The van der Waals surface area contributed by atoms with Crippen LogP contribution in [-0.4, -0.2) is 6.54 Å². The fraction of sp³-hybridized carbons (Fsp3) is 0.200. The van der Waals surface area contributed by atoms with Crippen LogP contribution in [0, 0.1) is 0 Å². The smallest absolute Gasteiger partial charge is 0.0314 e. The van der Waals surface area contributed by atoms with Crippen LogP contribution >= 0.6 is 11.1 Å². The van der Waals surface area contributed by atoms with Crippen molar-refractivity contribution in [3.05, 3.63) is 48.5 Å². The first kappa shape index (κ1) is 13.8. The summed E-state index contributed by atoms with van der Waals surface area (Å²) in [5, 5.41) is 0. The van der Waals surface area contributed by atoms with Crippen LogP contribution in [0.15, 0.2) is 58.3 Å². The van der Waals surface area contributed by atoms with Crippen molar-refractivity contribution in [1.29, 1.82) is 0 Å². The summed E-state index contributed by atoms with van der Waals surface area (Å²) in [5.74, 6) is 0. The maximum atomic E-state index is 5.76. The van der Waals surface area contributed by atoms with Crippen molar-refractivity contribution in [3.63, 3.8) is 0 Å². The SMILES string of the molecule is CCCN[SH](c1ccc(N)cc1)c1ccc(N)cc1. The lowest BCUT2D eigenvalue weighted by Crippen LogP contribution is -2.11. The Morgan fingerprint density at radius 1 is 0.842 bits per heavy atom. The molecule has 0 aromatic heterocycles. The van der Waals surface area contributed by atoms with Crippen molar-refractivity contribution >= 4 is 22.5 Å². The van der Waals surface area contributed by atoms with Crippen molar-refractivity contribution < 1.29 is 0 Å². The Balaban J connectivity index is 2.29. The standard InChI is InChI=1S/C15H21N3S/c1-2-11-18-19(14-7-3-12(16)4-8-14)15-9-5-13(17)6-10-15/h3-10,18-19H,2,11,16-17H2,1H3. The van der Waals surface area contributed by atoms with Crippen LogP contribution in [0.25, 0.3) is 0 Å². The second kappa shape index (κ2) is 6.50. The van der Waals surface area contributed by atoms with E-state index < -0.39 is 11.1 Å². The number of nitrogen functional groups attached to an aromatic ring is 2. The van der Waals surface area contributed by atoms with Crippen LogP contribution in [0.2, 0.25) is 0 Å². The van der Waals surface area contributed by atoms with E-state index in [2.05, 4.69) is 35.9 Å². The zero-order chi connectivity index (χ0) is 13.7. The first-order chi connectivity index (χ1) is 9.20. The number of thiol groups is 1. The highest BCUT2D eigenvalue weighted by Gasteiger charge is 2.08. The Bertz CT molecular complexity index is 462. The van der Waals surface area contributed by atoms with E-state index in [1.165, 1.54) is 9.79 Å². The maximum Gasteiger partial charge on any atom is 0.0314 e. The molecule has 4 heteroatoms. The Morgan fingerprint density at radius 2 is 1.26 bits per heavy atom. The first-order valence-electron chi connectivity index (χ1n) is 6.45. The average Bonchev–Trinajstić information content (AvgIpc) is 2.43. The van der Waals surface area contributed by atoms with Gasteiger partial charge in [0.15, 0.2) is 0 Å². The molecule has 0 amide bonds. The van der Waals surface area contributed by atoms with E-state index in [-0.39, 0.29) is 0 Å². The van der Waals surface area contributed by atoms with Crippen molar-refractivity contribution in [2.24, 2.45) is 0 Å². The summed E-state index contributed by atoms with van der Waals surface area (Å²) < 4.78 is 3.62. The number of anilines is 2. The van der Waals surface area contributed by atoms with Gasteiger partial charge in [-0.25, -0.2) is 0 Å². The number of nitrogens with one attached hydrogen (secondary N) is 1. The quantitative estimate of drug-likeness (QED) is 0.500. The molecule has 2 aromatic carbocycles. The number of hydrogen-bond acceptors (Lipinski definition) is 3. The van der Waals surface area contributed by atoms with Crippen LogP contribution in [0.3, 0.4) is 0 Å². The van der Waals surface area contributed by atoms with Crippen LogP contribution in [-0.2, 0) is 0 Å². The van der Waals surface area contributed by atoms with Gasteiger partial charge in [0.05, 0.1) is 0 Å². The van der Waals surface area contributed by atoms with E-state index in [0.29, 0.717) is 0 Å². The van der Waals surface area contributed by atoms with Gasteiger partial charge in [-0.15, -0.1) is 11.1 Å². The molecule has 0 aliphatic heterocycles. The van der Waals surface area contributed by atoms with Gasteiger partial charge in [0.2, 0.25) is 0 Å². The summed E-state index contributed by atoms with van der Waals surface area (Å²) >= 11 is -0.543. The van der Waals surface area contributed by atoms with E-state index in [4.69, 9.17) is 11.5 Å². The summed E-state index contributed by atoms with van der Waals surface area (Å²) in [6.07, 6.45) is 1.11. The van der Waals surface area contributed by atoms with E-state index in [1.807, 2.05) is 24.3 Å². The third-order valence-electron chi connectivity index (χ3n) is 2.82. The molecule has 0 atom stereocenters. The third kappa shape index (κ3) is 3.66. The highest BCUT2D eigenvalue weighted by Crippen LogP contribution is 2.41. The average molecular weight is 275 g/mol.